The standard InChI is InChI=1S/C7H14O2Si/c1-10(2)8-6-4-3-5-7-9-10/h3-4H,5-7H2,1-2H3/b4-3-. The van der Waals surface area contributed by atoms with E-state index in [9.17, 15) is 0 Å². The van der Waals surface area contributed by atoms with Gasteiger partial charge in [0.1, 0.15) is 0 Å². The molecule has 0 atom stereocenters. The second-order valence-electron chi connectivity index (χ2n) is 2.82. The number of hydrogen-bond donors (Lipinski definition) is 0. The second-order valence-corrected chi connectivity index (χ2v) is 6.20. The van der Waals surface area contributed by atoms with Gasteiger partial charge < -0.3 is 8.85 Å². The van der Waals surface area contributed by atoms with Crippen LogP contribution < -0.4 is 0 Å². The van der Waals surface area contributed by atoms with Crippen LogP contribution in [0.1, 0.15) is 6.42 Å². The molecule has 0 N–H and O–H groups in total. The fourth-order valence-electron chi connectivity index (χ4n) is 0.849. The zero-order chi connectivity index (χ0) is 7.45. The highest BCUT2D eigenvalue weighted by molar-refractivity contribution is 6.64. The molecule has 0 aromatic rings. The summed E-state index contributed by atoms with van der Waals surface area (Å²) < 4.78 is 11.0. The molecule has 0 fully saturated rings. The Balaban J connectivity index is 2.43. The highest BCUT2D eigenvalue weighted by atomic mass is 28.4. The van der Waals surface area contributed by atoms with Crippen molar-refractivity contribution in [1.82, 2.24) is 0 Å². The molecule has 0 amide bonds. The van der Waals surface area contributed by atoms with Gasteiger partial charge in [0.2, 0.25) is 0 Å². The molecule has 0 radical (unpaired) electrons. The van der Waals surface area contributed by atoms with Crippen LogP contribution in [0.2, 0.25) is 13.1 Å². The Morgan fingerprint density at radius 1 is 1.20 bits per heavy atom. The van der Waals surface area contributed by atoms with Gasteiger partial charge in [-0.3, -0.25) is 0 Å². The summed E-state index contributed by atoms with van der Waals surface area (Å²) in [5.41, 5.74) is 0. The quantitative estimate of drug-likeness (QED) is 0.394. The Labute approximate surface area is 63.1 Å². The van der Waals surface area contributed by atoms with Gasteiger partial charge in [0.15, 0.2) is 0 Å². The van der Waals surface area contributed by atoms with E-state index < -0.39 is 8.56 Å². The topological polar surface area (TPSA) is 18.5 Å². The average Bonchev–Trinajstić information content (AvgIpc) is 1.81. The van der Waals surface area contributed by atoms with E-state index in [0.717, 1.165) is 19.6 Å². The summed E-state index contributed by atoms with van der Waals surface area (Å²) in [6, 6.07) is 0. The highest BCUT2D eigenvalue weighted by Crippen LogP contribution is 2.08. The van der Waals surface area contributed by atoms with E-state index in [1.807, 2.05) is 0 Å². The molecule has 0 bridgehead atoms. The van der Waals surface area contributed by atoms with Crippen molar-refractivity contribution in [2.24, 2.45) is 0 Å². The van der Waals surface area contributed by atoms with E-state index in [4.69, 9.17) is 8.85 Å². The molecule has 3 heteroatoms. The van der Waals surface area contributed by atoms with Crippen molar-refractivity contribution in [3.63, 3.8) is 0 Å². The molecule has 0 aliphatic carbocycles. The van der Waals surface area contributed by atoms with Crippen LogP contribution in [0, 0.1) is 0 Å². The summed E-state index contributed by atoms with van der Waals surface area (Å²) in [4.78, 5) is 0. The monoisotopic (exact) mass is 158 g/mol. The Kier molecular flexibility index (Phi) is 2.65. The van der Waals surface area contributed by atoms with Crippen molar-refractivity contribution < 1.29 is 8.85 Å². The minimum Gasteiger partial charge on any atom is -0.394 e. The van der Waals surface area contributed by atoms with Crippen LogP contribution in [-0.2, 0) is 8.85 Å². The van der Waals surface area contributed by atoms with Crippen molar-refractivity contribution in [3.8, 4) is 0 Å². The summed E-state index contributed by atoms with van der Waals surface area (Å²) in [6.07, 6.45) is 5.20. The van der Waals surface area contributed by atoms with E-state index in [1.165, 1.54) is 0 Å². The third kappa shape index (κ3) is 2.64. The van der Waals surface area contributed by atoms with Gasteiger partial charge >= 0.3 is 8.56 Å². The van der Waals surface area contributed by atoms with E-state index in [2.05, 4.69) is 25.2 Å². The molecule has 1 heterocycles. The molecule has 58 valence electrons. The van der Waals surface area contributed by atoms with Gasteiger partial charge in [0.05, 0.1) is 6.61 Å². The fraction of sp³-hybridized carbons (Fsp3) is 0.714. The predicted octanol–water partition coefficient (Wildman–Crippen LogP) is 1.68. The maximum atomic E-state index is 5.54. The highest BCUT2D eigenvalue weighted by Gasteiger charge is 2.23. The fourth-order valence-corrected chi connectivity index (χ4v) is 2.04. The minimum atomic E-state index is -1.72. The third-order valence-electron chi connectivity index (χ3n) is 1.43. The van der Waals surface area contributed by atoms with Crippen molar-refractivity contribution in [2.45, 2.75) is 19.5 Å². The van der Waals surface area contributed by atoms with Gasteiger partial charge in [-0.2, -0.15) is 0 Å². The summed E-state index contributed by atoms with van der Waals surface area (Å²) >= 11 is 0. The summed E-state index contributed by atoms with van der Waals surface area (Å²) in [6.45, 7) is 5.69. The zero-order valence-electron chi connectivity index (χ0n) is 6.59. The molecule has 0 spiro atoms. The first-order chi connectivity index (χ1) is 4.71. The Hall–Kier alpha value is -0.123. The van der Waals surface area contributed by atoms with E-state index >= 15 is 0 Å². The minimum absolute atomic E-state index is 0.721. The van der Waals surface area contributed by atoms with Crippen LogP contribution >= 0.6 is 0 Å². The van der Waals surface area contributed by atoms with Crippen molar-refractivity contribution in [1.29, 1.82) is 0 Å². The third-order valence-corrected chi connectivity index (χ3v) is 3.19. The van der Waals surface area contributed by atoms with Crippen LogP contribution in [0.5, 0.6) is 0 Å². The van der Waals surface area contributed by atoms with Gasteiger partial charge in [-0.1, -0.05) is 12.2 Å². The lowest BCUT2D eigenvalue weighted by Crippen LogP contribution is -2.35. The van der Waals surface area contributed by atoms with Crippen LogP contribution in [0.25, 0.3) is 0 Å². The van der Waals surface area contributed by atoms with Gasteiger partial charge in [-0.15, -0.1) is 0 Å². The summed E-state index contributed by atoms with van der Waals surface area (Å²) in [5.74, 6) is 0. The Bertz CT molecular complexity index is 132. The number of rotatable bonds is 0. The average molecular weight is 158 g/mol. The van der Waals surface area contributed by atoms with E-state index in [0.29, 0.717) is 0 Å². The molecule has 1 aliphatic heterocycles. The molecular formula is C7H14O2Si. The van der Waals surface area contributed by atoms with E-state index in [-0.39, 0.29) is 0 Å². The van der Waals surface area contributed by atoms with Gasteiger partial charge in [0, 0.05) is 6.61 Å². The van der Waals surface area contributed by atoms with E-state index in [1.54, 1.807) is 0 Å². The smallest absolute Gasteiger partial charge is 0.331 e. The molecule has 0 aromatic carbocycles. The first-order valence-corrected chi connectivity index (χ1v) is 6.45. The van der Waals surface area contributed by atoms with Crippen molar-refractivity contribution in [2.75, 3.05) is 13.2 Å². The Morgan fingerprint density at radius 2 is 2.00 bits per heavy atom. The largest absolute Gasteiger partial charge is 0.394 e. The van der Waals surface area contributed by atoms with Crippen LogP contribution in [0.15, 0.2) is 12.2 Å². The van der Waals surface area contributed by atoms with Crippen LogP contribution in [0.3, 0.4) is 0 Å². The normalized spacial score (nSPS) is 28.6. The first-order valence-electron chi connectivity index (χ1n) is 3.64. The van der Waals surface area contributed by atoms with Crippen molar-refractivity contribution in [3.05, 3.63) is 12.2 Å². The SMILES string of the molecule is C[Si]1(C)OC/C=C\CCO1. The van der Waals surface area contributed by atoms with Gasteiger partial charge in [-0.05, 0) is 19.5 Å². The molecular weight excluding hydrogens is 144 g/mol. The molecule has 10 heavy (non-hydrogen) atoms. The summed E-state index contributed by atoms with van der Waals surface area (Å²) in [5, 5.41) is 0. The van der Waals surface area contributed by atoms with Crippen molar-refractivity contribution >= 4 is 8.56 Å². The molecule has 0 unspecified atom stereocenters. The predicted molar refractivity (Wildman–Crippen MR) is 43.1 cm³/mol. The van der Waals surface area contributed by atoms with Crippen LogP contribution in [-0.4, -0.2) is 21.8 Å². The zero-order valence-corrected chi connectivity index (χ0v) is 7.59. The van der Waals surface area contributed by atoms with Crippen LogP contribution in [0.4, 0.5) is 0 Å². The lowest BCUT2D eigenvalue weighted by atomic mass is 10.4. The summed E-state index contributed by atoms with van der Waals surface area (Å²) in [7, 11) is -1.72. The first kappa shape index (κ1) is 7.98. The Morgan fingerprint density at radius 3 is 2.80 bits per heavy atom. The molecule has 0 aromatic heterocycles. The lowest BCUT2D eigenvalue weighted by Gasteiger charge is -2.22. The maximum Gasteiger partial charge on any atom is 0.331 e. The molecule has 0 saturated heterocycles. The molecule has 1 rings (SSSR count). The number of hydrogen-bond acceptors (Lipinski definition) is 2. The molecule has 1 aliphatic rings. The van der Waals surface area contributed by atoms with Gasteiger partial charge in [-0.25, -0.2) is 0 Å². The lowest BCUT2D eigenvalue weighted by molar-refractivity contribution is 0.193. The molecule has 0 saturated carbocycles. The maximum absolute atomic E-state index is 5.54. The van der Waals surface area contributed by atoms with Gasteiger partial charge in [0.25, 0.3) is 0 Å². The second kappa shape index (κ2) is 3.32. The molecule has 2 nitrogen and oxygen atoms in total.